The molecule has 0 heterocycles. The van der Waals surface area contributed by atoms with E-state index < -0.39 is 25.2 Å². The van der Waals surface area contributed by atoms with Crippen LogP contribution in [0.3, 0.4) is 0 Å². The minimum atomic E-state index is -4.48. The molecule has 0 aliphatic rings. The van der Waals surface area contributed by atoms with E-state index in [1.807, 2.05) is 22.6 Å². The first-order valence-electron chi connectivity index (χ1n) is 5.06. The van der Waals surface area contributed by atoms with Crippen LogP contribution >= 0.6 is 22.6 Å². The first kappa shape index (κ1) is 15.2. The predicted molar refractivity (Wildman–Crippen MR) is 68.2 cm³/mol. The highest BCUT2D eigenvalue weighted by Crippen LogP contribution is 2.18. The number of carbonyl (C=O) groups is 1. The molecule has 0 spiro atoms. The second-order valence-corrected chi connectivity index (χ2v) is 4.82. The molecule has 0 aliphatic heterocycles. The van der Waals surface area contributed by atoms with E-state index in [0.717, 1.165) is 3.57 Å². The second-order valence-electron chi connectivity index (χ2n) is 3.58. The van der Waals surface area contributed by atoms with E-state index in [2.05, 4.69) is 0 Å². The molecule has 0 saturated carbocycles. The zero-order valence-electron chi connectivity index (χ0n) is 9.25. The van der Waals surface area contributed by atoms with Crippen LogP contribution in [0.1, 0.15) is 10.4 Å². The van der Waals surface area contributed by atoms with Crippen molar-refractivity contribution >= 4 is 28.5 Å². The van der Waals surface area contributed by atoms with E-state index in [9.17, 15) is 18.0 Å². The van der Waals surface area contributed by atoms with Gasteiger partial charge in [0, 0.05) is 15.7 Å². The molecular weight excluding hydrogens is 362 g/mol. The molecule has 1 N–H and O–H groups in total. The molecule has 3 nitrogen and oxygen atoms in total. The summed E-state index contributed by atoms with van der Waals surface area (Å²) in [6, 6.07) is 6.28. The highest BCUT2D eigenvalue weighted by atomic mass is 127. The summed E-state index contributed by atoms with van der Waals surface area (Å²) >= 11 is 1.97. The largest absolute Gasteiger partial charge is 0.406 e. The number of hydrogen-bond acceptors (Lipinski definition) is 2. The van der Waals surface area contributed by atoms with E-state index in [1.165, 1.54) is 12.1 Å². The number of aliphatic hydroxyl groups is 1. The van der Waals surface area contributed by atoms with Gasteiger partial charge < -0.3 is 10.0 Å². The van der Waals surface area contributed by atoms with Gasteiger partial charge in [-0.3, -0.25) is 4.79 Å². The summed E-state index contributed by atoms with van der Waals surface area (Å²) in [6.07, 6.45) is -4.48. The van der Waals surface area contributed by atoms with Crippen molar-refractivity contribution in [3.8, 4) is 0 Å². The molecule has 1 aromatic rings. The lowest BCUT2D eigenvalue weighted by atomic mass is 10.2. The standard InChI is InChI=1S/C11H11F3INO2/c12-11(13,14)7-16(4-5-17)10(18)8-2-1-3-9(15)6-8/h1-3,6,17H,4-5,7H2. The Bertz CT molecular complexity index is 423. The van der Waals surface area contributed by atoms with Crippen molar-refractivity contribution in [1.29, 1.82) is 0 Å². The van der Waals surface area contributed by atoms with Crippen LogP contribution in [0.4, 0.5) is 13.2 Å². The third-order valence-electron chi connectivity index (χ3n) is 2.10. The molecule has 0 aromatic heterocycles. The SMILES string of the molecule is O=C(c1cccc(I)c1)N(CCO)CC(F)(F)F. The summed E-state index contributed by atoms with van der Waals surface area (Å²) in [5.41, 5.74) is 0.180. The Morgan fingerprint density at radius 1 is 1.39 bits per heavy atom. The summed E-state index contributed by atoms with van der Waals surface area (Å²) in [4.78, 5) is 12.5. The van der Waals surface area contributed by atoms with Crippen molar-refractivity contribution in [3.05, 3.63) is 33.4 Å². The minimum Gasteiger partial charge on any atom is -0.395 e. The van der Waals surface area contributed by atoms with E-state index in [1.54, 1.807) is 12.1 Å². The quantitative estimate of drug-likeness (QED) is 0.823. The van der Waals surface area contributed by atoms with Crippen molar-refractivity contribution in [1.82, 2.24) is 4.90 Å². The topological polar surface area (TPSA) is 40.5 Å². The molecule has 0 unspecified atom stereocenters. The highest BCUT2D eigenvalue weighted by molar-refractivity contribution is 14.1. The Kier molecular flexibility index (Phi) is 5.39. The zero-order valence-corrected chi connectivity index (χ0v) is 11.4. The van der Waals surface area contributed by atoms with Crippen LogP contribution in [0.2, 0.25) is 0 Å². The number of aliphatic hydroxyl groups excluding tert-OH is 1. The molecule has 0 bridgehead atoms. The lowest BCUT2D eigenvalue weighted by molar-refractivity contribution is -0.141. The maximum absolute atomic E-state index is 12.3. The molecule has 0 saturated heterocycles. The van der Waals surface area contributed by atoms with Crippen LogP contribution in [-0.2, 0) is 0 Å². The van der Waals surface area contributed by atoms with Crippen LogP contribution in [0.5, 0.6) is 0 Å². The van der Waals surface area contributed by atoms with Crippen molar-refractivity contribution in [2.75, 3.05) is 19.7 Å². The van der Waals surface area contributed by atoms with Crippen LogP contribution < -0.4 is 0 Å². The lowest BCUT2D eigenvalue weighted by Crippen LogP contribution is -2.40. The normalized spacial score (nSPS) is 11.4. The Balaban J connectivity index is 2.89. The Morgan fingerprint density at radius 2 is 2.06 bits per heavy atom. The minimum absolute atomic E-state index is 0.180. The van der Waals surface area contributed by atoms with Crippen LogP contribution in [0.25, 0.3) is 0 Å². The summed E-state index contributed by atoms with van der Waals surface area (Å²) < 4.78 is 37.7. The monoisotopic (exact) mass is 373 g/mol. The first-order valence-corrected chi connectivity index (χ1v) is 6.14. The third-order valence-corrected chi connectivity index (χ3v) is 2.77. The Labute approximate surface area is 116 Å². The van der Waals surface area contributed by atoms with E-state index in [4.69, 9.17) is 5.11 Å². The predicted octanol–water partition coefficient (Wildman–Crippen LogP) is 2.29. The number of amides is 1. The maximum atomic E-state index is 12.3. The number of rotatable bonds is 4. The van der Waals surface area contributed by atoms with Gasteiger partial charge in [-0.2, -0.15) is 13.2 Å². The van der Waals surface area contributed by atoms with Crippen LogP contribution in [-0.4, -0.2) is 41.8 Å². The molecule has 1 amide bonds. The molecule has 0 radical (unpaired) electrons. The van der Waals surface area contributed by atoms with E-state index in [-0.39, 0.29) is 12.1 Å². The fourth-order valence-electron chi connectivity index (χ4n) is 1.39. The number of carbonyl (C=O) groups excluding carboxylic acids is 1. The third kappa shape index (κ3) is 4.81. The molecule has 0 atom stereocenters. The molecular formula is C11H11F3INO2. The van der Waals surface area contributed by atoms with Gasteiger partial charge >= 0.3 is 6.18 Å². The lowest BCUT2D eigenvalue weighted by Gasteiger charge is -2.23. The van der Waals surface area contributed by atoms with Crippen LogP contribution in [0.15, 0.2) is 24.3 Å². The van der Waals surface area contributed by atoms with E-state index in [0.29, 0.717) is 4.90 Å². The molecule has 0 aliphatic carbocycles. The summed E-state index contributed by atoms with van der Waals surface area (Å²) in [6.45, 7) is -2.21. The second kappa shape index (κ2) is 6.37. The summed E-state index contributed by atoms with van der Waals surface area (Å²) in [5, 5.41) is 8.72. The van der Waals surface area contributed by atoms with Gasteiger partial charge in [0.1, 0.15) is 6.54 Å². The zero-order chi connectivity index (χ0) is 13.8. The smallest absolute Gasteiger partial charge is 0.395 e. The average Bonchev–Trinajstić information content (AvgIpc) is 2.26. The van der Waals surface area contributed by atoms with Crippen molar-refractivity contribution < 1.29 is 23.1 Å². The van der Waals surface area contributed by atoms with Gasteiger partial charge in [0.2, 0.25) is 0 Å². The fourth-order valence-corrected chi connectivity index (χ4v) is 1.94. The van der Waals surface area contributed by atoms with Gasteiger partial charge in [0.15, 0.2) is 0 Å². The Morgan fingerprint density at radius 3 is 2.56 bits per heavy atom. The van der Waals surface area contributed by atoms with Gasteiger partial charge in [-0.15, -0.1) is 0 Å². The highest BCUT2D eigenvalue weighted by Gasteiger charge is 2.33. The van der Waals surface area contributed by atoms with Gasteiger partial charge in [-0.25, -0.2) is 0 Å². The molecule has 7 heteroatoms. The van der Waals surface area contributed by atoms with Crippen molar-refractivity contribution in [2.45, 2.75) is 6.18 Å². The van der Waals surface area contributed by atoms with Crippen molar-refractivity contribution in [3.63, 3.8) is 0 Å². The molecule has 1 aromatic carbocycles. The molecule has 18 heavy (non-hydrogen) atoms. The fraction of sp³-hybridized carbons (Fsp3) is 0.364. The van der Waals surface area contributed by atoms with Gasteiger partial charge in [0.25, 0.3) is 5.91 Å². The number of hydrogen-bond donors (Lipinski definition) is 1. The maximum Gasteiger partial charge on any atom is 0.406 e. The molecule has 100 valence electrons. The number of alkyl halides is 3. The van der Waals surface area contributed by atoms with Gasteiger partial charge in [-0.1, -0.05) is 6.07 Å². The summed E-state index contributed by atoms with van der Waals surface area (Å²) in [7, 11) is 0. The van der Waals surface area contributed by atoms with E-state index >= 15 is 0 Å². The Hall–Kier alpha value is -0.830. The molecule has 0 fully saturated rings. The average molecular weight is 373 g/mol. The number of halogens is 4. The summed E-state index contributed by atoms with van der Waals surface area (Å²) in [5.74, 6) is -0.736. The van der Waals surface area contributed by atoms with Crippen molar-refractivity contribution in [2.24, 2.45) is 0 Å². The van der Waals surface area contributed by atoms with Gasteiger partial charge in [-0.05, 0) is 40.8 Å². The number of benzene rings is 1. The molecule has 1 rings (SSSR count). The number of nitrogens with zero attached hydrogens (tertiary/aromatic N) is 1. The van der Waals surface area contributed by atoms with Crippen LogP contribution in [0, 0.1) is 3.57 Å². The first-order chi connectivity index (χ1) is 8.33. The van der Waals surface area contributed by atoms with Gasteiger partial charge in [0.05, 0.1) is 6.61 Å².